The van der Waals surface area contributed by atoms with Gasteiger partial charge in [-0.25, -0.2) is 0 Å². The molecule has 0 N–H and O–H groups in total. The van der Waals surface area contributed by atoms with Crippen LogP contribution < -0.4 is 9.80 Å². The zero-order valence-electron chi connectivity index (χ0n) is 18.1. The van der Waals surface area contributed by atoms with Crippen LogP contribution in [-0.2, 0) is 11.2 Å². The van der Waals surface area contributed by atoms with Gasteiger partial charge in [0.05, 0.1) is 23.6 Å². The van der Waals surface area contributed by atoms with Crippen LogP contribution in [-0.4, -0.2) is 56.1 Å². The van der Waals surface area contributed by atoms with E-state index in [1.807, 2.05) is 24.4 Å². The Hall–Kier alpha value is -3.59. The van der Waals surface area contributed by atoms with Crippen LogP contribution in [0.3, 0.4) is 0 Å². The molecule has 1 aliphatic heterocycles. The normalized spacial score (nSPS) is 14.2. The largest absolute Gasteiger partial charge is 0.370 e. The van der Waals surface area contributed by atoms with E-state index in [-0.39, 0.29) is 5.91 Å². The first kappa shape index (κ1) is 20.7. The topological polar surface area (TPSA) is 63.5 Å². The predicted octanol–water partition coefficient (Wildman–Crippen LogP) is 3.45. The van der Waals surface area contributed by atoms with E-state index in [0.717, 1.165) is 54.8 Å². The van der Waals surface area contributed by atoms with Crippen molar-refractivity contribution in [2.75, 3.05) is 50.1 Å². The van der Waals surface area contributed by atoms with Gasteiger partial charge in [0.1, 0.15) is 0 Å². The average molecular weight is 414 g/mol. The molecule has 0 radical (unpaired) electrons. The maximum Gasteiger partial charge on any atom is 0.226 e. The Balaban J connectivity index is 1.49. The number of amides is 1. The van der Waals surface area contributed by atoms with Crippen LogP contribution >= 0.6 is 0 Å². The van der Waals surface area contributed by atoms with Gasteiger partial charge in [0, 0.05) is 63.2 Å². The number of nitriles is 1. The van der Waals surface area contributed by atoms with Crippen molar-refractivity contribution in [3.63, 3.8) is 0 Å². The summed E-state index contributed by atoms with van der Waals surface area (Å²) in [6.45, 7) is 3.76. The fourth-order valence-corrected chi connectivity index (χ4v) is 4.05. The third-order valence-corrected chi connectivity index (χ3v) is 5.84. The lowest BCUT2D eigenvalue weighted by molar-refractivity contribution is -0.127. The van der Waals surface area contributed by atoms with Crippen LogP contribution in [0.25, 0.3) is 10.9 Å². The SMILES string of the molecule is CN(C)C(=O)Cc1ccc(N2CCCN(c3ccnc4ccc(C#N)cc34)CC2)cc1. The van der Waals surface area contributed by atoms with E-state index in [2.05, 4.69) is 51.2 Å². The molecule has 6 nitrogen and oxygen atoms in total. The first-order valence-electron chi connectivity index (χ1n) is 10.6. The Kier molecular flexibility index (Phi) is 6.03. The number of rotatable bonds is 4. The molecule has 31 heavy (non-hydrogen) atoms. The Morgan fingerprint density at radius 1 is 1.03 bits per heavy atom. The highest BCUT2D eigenvalue weighted by Gasteiger charge is 2.18. The number of carbonyl (C=O) groups excluding carboxylic acids is 1. The minimum atomic E-state index is 0.113. The van der Waals surface area contributed by atoms with Gasteiger partial charge in [0.15, 0.2) is 0 Å². The van der Waals surface area contributed by atoms with Crippen molar-refractivity contribution in [3.8, 4) is 6.07 Å². The van der Waals surface area contributed by atoms with Gasteiger partial charge < -0.3 is 14.7 Å². The summed E-state index contributed by atoms with van der Waals surface area (Å²) in [5, 5.41) is 10.3. The number of aromatic nitrogens is 1. The van der Waals surface area contributed by atoms with Crippen LogP contribution in [0, 0.1) is 11.3 Å². The lowest BCUT2D eigenvalue weighted by Crippen LogP contribution is -2.30. The summed E-state index contributed by atoms with van der Waals surface area (Å²) in [5.41, 5.74) is 4.94. The van der Waals surface area contributed by atoms with E-state index in [1.54, 1.807) is 19.0 Å². The number of pyridine rings is 1. The minimum absolute atomic E-state index is 0.113. The lowest BCUT2D eigenvalue weighted by atomic mass is 10.1. The van der Waals surface area contributed by atoms with E-state index in [1.165, 1.54) is 5.69 Å². The highest BCUT2D eigenvalue weighted by Crippen LogP contribution is 2.28. The monoisotopic (exact) mass is 413 g/mol. The molecular weight excluding hydrogens is 386 g/mol. The Morgan fingerprint density at radius 2 is 1.77 bits per heavy atom. The maximum atomic E-state index is 11.9. The molecule has 1 amide bonds. The first-order valence-corrected chi connectivity index (χ1v) is 10.6. The van der Waals surface area contributed by atoms with Crippen LogP contribution in [0.5, 0.6) is 0 Å². The van der Waals surface area contributed by atoms with Crippen LogP contribution in [0.1, 0.15) is 17.5 Å². The van der Waals surface area contributed by atoms with Gasteiger partial charge in [-0.1, -0.05) is 12.1 Å². The molecule has 158 valence electrons. The Morgan fingerprint density at radius 3 is 2.52 bits per heavy atom. The standard InChI is InChI=1S/C25H27N5O/c1-28(2)25(31)17-19-4-7-21(8-5-19)29-12-3-13-30(15-14-29)24-10-11-27-23-9-6-20(18-26)16-22(23)24/h4-11,16H,3,12-15,17H2,1-2H3. The van der Waals surface area contributed by atoms with Crippen LogP contribution in [0.2, 0.25) is 0 Å². The number of hydrogen-bond acceptors (Lipinski definition) is 5. The summed E-state index contributed by atoms with van der Waals surface area (Å²) in [5.74, 6) is 0.113. The van der Waals surface area contributed by atoms with Crippen LogP contribution in [0.15, 0.2) is 54.7 Å². The quantitative estimate of drug-likeness (QED) is 0.656. The molecular formula is C25H27N5O. The van der Waals surface area contributed by atoms with Gasteiger partial charge >= 0.3 is 0 Å². The minimum Gasteiger partial charge on any atom is -0.370 e. The van der Waals surface area contributed by atoms with E-state index in [9.17, 15) is 10.1 Å². The summed E-state index contributed by atoms with van der Waals surface area (Å²) in [6.07, 6.45) is 3.32. The number of carbonyl (C=O) groups is 1. The average Bonchev–Trinajstić information content (AvgIpc) is 3.05. The van der Waals surface area contributed by atoms with E-state index < -0.39 is 0 Å². The molecule has 0 saturated carbocycles. The number of benzene rings is 2. The molecule has 0 aliphatic carbocycles. The maximum absolute atomic E-state index is 11.9. The first-order chi connectivity index (χ1) is 15.0. The second kappa shape index (κ2) is 9.05. The number of anilines is 2. The fraction of sp³-hybridized carbons (Fsp3) is 0.320. The van der Waals surface area contributed by atoms with E-state index >= 15 is 0 Å². The molecule has 2 aromatic carbocycles. The summed E-state index contributed by atoms with van der Waals surface area (Å²) >= 11 is 0. The predicted molar refractivity (Wildman–Crippen MR) is 124 cm³/mol. The van der Waals surface area contributed by atoms with E-state index in [4.69, 9.17) is 0 Å². The molecule has 1 aromatic heterocycles. The third-order valence-electron chi connectivity index (χ3n) is 5.84. The molecule has 2 heterocycles. The number of likely N-dealkylation sites (N-methyl/N-ethyl adjacent to an activating group) is 1. The third kappa shape index (κ3) is 4.61. The van der Waals surface area contributed by atoms with Gasteiger partial charge in [0.25, 0.3) is 0 Å². The van der Waals surface area contributed by atoms with Crippen molar-refractivity contribution in [2.24, 2.45) is 0 Å². The highest BCUT2D eigenvalue weighted by atomic mass is 16.2. The molecule has 0 spiro atoms. The second-order valence-electron chi connectivity index (χ2n) is 8.13. The molecule has 4 rings (SSSR count). The van der Waals surface area contributed by atoms with Gasteiger partial charge in [-0.05, 0) is 48.4 Å². The van der Waals surface area contributed by atoms with Crippen molar-refractivity contribution in [3.05, 3.63) is 65.9 Å². The molecule has 3 aromatic rings. The van der Waals surface area contributed by atoms with Crippen LogP contribution in [0.4, 0.5) is 11.4 Å². The Bertz CT molecular complexity index is 1120. The van der Waals surface area contributed by atoms with Crippen molar-refractivity contribution >= 4 is 28.2 Å². The summed E-state index contributed by atoms with van der Waals surface area (Å²) in [7, 11) is 3.57. The number of hydrogen-bond donors (Lipinski definition) is 0. The lowest BCUT2D eigenvalue weighted by Gasteiger charge is -2.26. The van der Waals surface area contributed by atoms with Crippen molar-refractivity contribution in [2.45, 2.75) is 12.8 Å². The van der Waals surface area contributed by atoms with E-state index in [0.29, 0.717) is 12.0 Å². The van der Waals surface area contributed by atoms with Gasteiger partial charge in [-0.3, -0.25) is 9.78 Å². The summed E-state index contributed by atoms with van der Waals surface area (Å²) in [4.78, 5) is 22.8. The molecule has 1 fully saturated rings. The van der Waals surface area contributed by atoms with Gasteiger partial charge in [-0.2, -0.15) is 5.26 Å². The molecule has 0 bridgehead atoms. The molecule has 6 heteroatoms. The Labute approximate surface area is 183 Å². The second-order valence-corrected chi connectivity index (χ2v) is 8.13. The van der Waals surface area contributed by atoms with Gasteiger partial charge in [0.2, 0.25) is 5.91 Å². The molecule has 0 unspecified atom stereocenters. The summed E-state index contributed by atoms with van der Waals surface area (Å²) < 4.78 is 0. The smallest absolute Gasteiger partial charge is 0.226 e. The fourth-order valence-electron chi connectivity index (χ4n) is 4.05. The summed E-state index contributed by atoms with van der Waals surface area (Å²) in [6, 6.07) is 18.3. The molecule has 1 saturated heterocycles. The molecule has 0 atom stereocenters. The zero-order chi connectivity index (χ0) is 21.8. The van der Waals surface area contributed by atoms with Gasteiger partial charge in [-0.15, -0.1) is 0 Å². The number of fused-ring (bicyclic) bond motifs is 1. The molecule has 1 aliphatic rings. The number of nitrogens with zero attached hydrogens (tertiary/aromatic N) is 5. The van der Waals surface area contributed by atoms with Crippen molar-refractivity contribution < 1.29 is 4.79 Å². The highest BCUT2D eigenvalue weighted by molar-refractivity contribution is 5.92. The zero-order valence-corrected chi connectivity index (χ0v) is 18.1. The van der Waals surface area contributed by atoms with Crippen molar-refractivity contribution in [1.82, 2.24) is 9.88 Å². The van der Waals surface area contributed by atoms with Crippen molar-refractivity contribution in [1.29, 1.82) is 5.26 Å².